The molecule has 98 valence electrons. The van der Waals surface area contributed by atoms with E-state index in [1.807, 2.05) is 30.0 Å². The van der Waals surface area contributed by atoms with Crippen LogP contribution in [0.3, 0.4) is 0 Å². The van der Waals surface area contributed by atoms with Crippen LogP contribution in [0, 0.1) is 6.92 Å². The van der Waals surface area contributed by atoms with Crippen LogP contribution in [0.5, 0.6) is 0 Å². The molecule has 1 saturated heterocycles. The number of hydrogen-bond donors (Lipinski definition) is 1. The molecule has 0 amide bonds. The van der Waals surface area contributed by atoms with Crippen molar-refractivity contribution in [2.24, 2.45) is 0 Å². The minimum absolute atomic E-state index is 0.583. The number of aryl methyl sites for hydroxylation is 1. The Bertz CT molecular complexity index is 444. The molecule has 1 N–H and O–H groups in total. The predicted molar refractivity (Wildman–Crippen MR) is 71.6 cm³/mol. The molecular weight excluding hydrogens is 298 g/mol. The summed E-state index contributed by atoms with van der Waals surface area (Å²) in [7, 11) is 0. The Morgan fingerprint density at radius 3 is 2.67 bits per heavy atom. The standard InChI is InChI=1S/C13H16BrNO3/c1-9-8-10(2-3-11(9)14)12(13(16)17)15-4-6-18-7-5-15/h2-3,8,12H,4-7H2,1H3,(H,16,17). The van der Waals surface area contributed by atoms with Gasteiger partial charge in [0.05, 0.1) is 13.2 Å². The van der Waals surface area contributed by atoms with Crippen molar-refractivity contribution in [2.45, 2.75) is 13.0 Å². The van der Waals surface area contributed by atoms with Gasteiger partial charge in [0, 0.05) is 17.6 Å². The number of carboxylic acids is 1. The third-order valence-corrected chi connectivity index (χ3v) is 4.03. The number of hydrogen-bond acceptors (Lipinski definition) is 3. The summed E-state index contributed by atoms with van der Waals surface area (Å²) in [5, 5.41) is 9.44. The molecule has 1 heterocycles. The van der Waals surface area contributed by atoms with Crippen LogP contribution in [0.2, 0.25) is 0 Å². The van der Waals surface area contributed by atoms with Crippen LogP contribution in [0.15, 0.2) is 22.7 Å². The first-order valence-corrected chi connectivity index (χ1v) is 6.69. The summed E-state index contributed by atoms with van der Waals surface area (Å²) < 4.78 is 6.26. The normalized spacial score (nSPS) is 18.6. The fourth-order valence-electron chi connectivity index (χ4n) is 2.18. The lowest BCUT2D eigenvalue weighted by Gasteiger charge is -2.32. The third kappa shape index (κ3) is 2.91. The Hall–Kier alpha value is -0.910. The van der Waals surface area contributed by atoms with Gasteiger partial charge < -0.3 is 9.84 Å². The maximum absolute atomic E-state index is 11.5. The van der Waals surface area contributed by atoms with Gasteiger partial charge in [-0.05, 0) is 24.1 Å². The van der Waals surface area contributed by atoms with E-state index in [0.29, 0.717) is 26.3 Å². The summed E-state index contributed by atoms with van der Waals surface area (Å²) in [6.07, 6.45) is 0. The molecule has 1 aliphatic rings. The van der Waals surface area contributed by atoms with Gasteiger partial charge in [-0.1, -0.05) is 28.1 Å². The van der Waals surface area contributed by atoms with Crippen LogP contribution in [0.1, 0.15) is 17.2 Å². The van der Waals surface area contributed by atoms with Gasteiger partial charge in [0.2, 0.25) is 0 Å². The van der Waals surface area contributed by atoms with Crippen LogP contribution in [-0.4, -0.2) is 42.3 Å². The van der Waals surface area contributed by atoms with Crippen LogP contribution < -0.4 is 0 Å². The highest BCUT2D eigenvalue weighted by atomic mass is 79.9. The van der Waals surface area contributed by atoms with Crippen molar-refractivity contribution in [1.29, 1.82) is 0 Å². The van der Waals surface area contributed by atoms with Crippen molar-refractivity contribution in [2.75, 3.05) is 26.3 Å². The topological polar surface area (TPSA) is 49.8 Å². The first kappa shape index (κ1) is 13.5. The average Bonchev–Trinajstić information content (AvgIpc) is 2.35. The quantitative estimate of drug-likeness (QED) is 0.929. The summed E-state index contributed by atoms with van der Waals surface area (Å²) >= 11 is 3.43. The zero-order valence-electron chi connectivity index (χ0n) is 10.2. The number of ether oxygens (including phenoxy) is 1. The minimum atomic E-state index is -0.807. The molecular formula is C13H16BrNO3. The molecule has 18 heavy (non-hydrogen) atoms. The predicted octanol–water partition coefficient (Wildman–Crippen LogP) is 2.22. The molecule has 1 atom stereocenters. The lowest BCUT2D eigenvalue weighted by molar-refractivity contribution is -0.145. The van der Waals surface area contributed by atoms with Gasteiger partial charge in [0.25, 0.3) is 0 Å². The Labute approximate surface area is 115 Å². The molecule has 4 nitrogen and oxygen atoms in total. The van der Waals surface area contributed by atoms with E-state index >= 15 is 0 Å². The molecule has 1 aromatic rings. The summed E-state index contributed by atoms with van der Waals surface area (Å²) in [5.41, 5.74) is 1.87. The molecule has 0 bridgehead atoms. The fraction of sp³-hybridized carbons (Fsp3) is 0.462. The smallest absolute Gasteiger partial charge is 0.325 e. The van der Waals surface area contributed by atoms with Gasteiger partial charge in [-0.3, -0.25) is 9.69 Å². The van der Waals surface area contributed by atoms with E-state index in [-0.39, 0.29) is 0 Å². The number of morpholine rings is 1. The van der Waals surface area contributed by atoms with E-state index in [4.69, 9.17) is 4.74 Å². The van der Waals surface area contributed by atoms with Crippen molar-refractivity contribution >= 4 is 21.9 Å². The van der Waals surface area contributed by atoms with Crippen LogP contribution in [0.4, 0.5) is 0 Å². The van der Waals surface area contributed by atoms with Gasteiger partial charge in [-0.25, -0.2) is 0 Å². The third-order valence-electron chi connectivity index (χ3n) is 3.14. The van der Waals surface area contributed by atoms with E-state index in [9.17, 15) is 9.90 Å². The largest absolute Gasteiger partial charge is 0.480 e. The molecule has 2 rings (SSSR count). The van der Waals surface area contributed by atoms with Crippen molar-refractivity contribution in [3.8, 4) is 0 Å². The lowest BCUT2D eigenvalue weighted by Crippen LogP contribution is -2.42. The van der Waals surface area contributed by atoms with Crippen molar-refractivity contribution in [3.63, 3.8) is 0 Å². The Kier molecular flexibility index (Phi) is 4.37. The SMILES string of the molecule is Cc1cc(C(C(=O)O)N2CCOCC2)ccc1Br. The van der Waals surface area contributed by atoms with Gasteiger partial charge in [0.1, 0.15) is 6.04 Å². The Balaban J connectivity index is 2.28. The maximum atomic E-state index is 11.5. The number of rotatable bonds is 3. The van der Waals surface area contributed by atoms with Crippen LogP contribution in [0.25, 0.3) is 0 Å². The zero-order chi connectivity index (χ0) is 13.1. The van der Waals surface area contributed by atoms with E-state index in [1.54, 1.807) is 0 Å². The molecule has 1 aliphatic heterocycles. The molecule has 0 saturated carbocycles. The molecule has 1 aromatic carbocycles. The van der Waals surface area contributed by atoms with E-state index in [0.717, 1.165) is 15.6 Å². The maximum Gasteiger partial charge on any atom is 0.325 e. The molecule has 0 radical (unpaired) electrons. The summed E-state index contributed by atoms with van der Waals surface area (Å²) in [6.45, 7) is 4.47. The van der Waals surface area contributed by atoms with Crippen molar-refractivity contribution in [3.05, 3.63) is 33.8 Å². The Morgan fingerprint density at radius 2 is 2.11 bits per heavy atom. The van der Waals surface area contributed by atoms with Crippen molar-refractivity contribution < 1.29 is 14.6 Å². The van der Waals surface area contributed by atoms with Crippen LogP contribution in [-0.2, 0) is 9.53 Å². The second-order valence-electron chi connectivity index (χ2n) is 4.40. The summed E-state index contributed by atoms with van der Waals surface area (Å²) in [6, 6.07) is 5.12. The number of carbonyl (C=O) groups is 1. The summed E-state index contributed by atoms with van der Waals surface area (Å²) in [4.78, 5) is 13.5. The molecule has 0 aliphatic carbocycles. The minimum Gasteiger partial charge on any atom is -0.480 e. The lowest BCUT2D eigenvalue weighted by atomic mass is 10.0. The van der Waals surface area contributed by atoms with E-state index in [2.05, 4.69) is 15.9 Å². The second-order valence-corrected chi connectivity index (χ2v) is 5.25. The highest BCUT2D eigenvalue weighted by molar-refractivity contribution is 9.10. The Morgan fingerprint density at radius 1 is 1.44 bits per heavy atom. The molecule has 5 heteroatoms. The van der Waals surface area contributed by atoms with Gasteiger partial charge >= 0.3 is 5.97 Å². The molecule has 1 fully saturated rings. The number of nitrogens with zero attached hydrogens (tertiary/aromatic N) is 1. The first-order valence-electron chi connectivity index (χ1n) is 5.90. The monoisotopic (exact) mass is 313 g/mol. The van der Waals surface area contributed by atoms with Crippen molar-refractivity contribution in [1.82, 2.24) is 4.90 Å². The van der Waals surface area contributed by atoms with E-state index < -0.39 is 12.0 Å². The number of benzene rings is 1. The molecule has 1 unspecified atom stereocenters. The number of aliphatic carboxylic acids is 1. The highest BCUT2D eigenvalue weighted by Gasteiger charge is 2.28. The average molecular weight is 314 g/mol. The second kappa shape index (κ2) is 5.82. The van der Waals surface area contributed by atoms with Gasteiger partial charge in [0.15, 0.2) is 0 Å². The summed E-state index contributed by atoms with van der Waals surface area (Å²) in [5.74, 6) is -0.807. The van der Waals surface area contributed by atoms with Gasteiger partial charge in [-0.2, -0.15) is 0 Å². The zero-order valence-corrected chi connectivity index (χ0v) is 11.8. The number of halogens is 1. The highest BCUT2D eigenvalue weighted by Crippen LogP contribution is 2.26. The van der Waals surface area contributed by atoms with Crippen LogP contribution >= 0.6 is 15.9 Å². The fourth-order valence-corrected chi connectivity index (χ4v) is 2.43. The molecule has 0 aromatic heterocycles. The molecule has 0 spiro atoms. The van der Waals surface area contributed by atoms with Gasteiger partial charge in [-0.15, -0.1) is 0 Å². The van der Waals surface area contributed by atoms with E-state index in [1.165, 1.54) is 0 Å². The first-order chi connectivity index (χ1) is 8.59. The number of carboxylic acid groups (broad SMARTS) is 1.